The Hall–Kier alpha value is -3.08. The lowest BCUT2D eigenvalue weighted by Crippen LogP contribution is -2.05. The topological polar surface area (TPSA) is 65.7 Å². The smallest absolute Gasteiger partial charge is 0.336 e. The van der Waals surface area contributed by atoms with Crippen LogP contribution in [0, 0.1) is 0 Å². The molecule has 0 aliphatic carbocycles. The summed E-state index contributed by atoms with van der Waals surface area (Å²) in [6.07, 6.45) is 5.33. The summed E-state index contributed by atoms with van der Waals surface area (Å²) < 4.78 is 15.0. The van der Waals surface area contributed by atoms with Crippen molar-refractivity contribution in [1.29, 1.82) is 0 Å². The molecule has 2 aromatic rings. The predicted molar refractivity (Wildman–Crippen MR) is 75.7 cm³/mol. The van der Waals surface area contributed by atoms with Gasteiger partial charge in [-0.05, 0) is 42.5 Å². The van der Waals surface area contributed by atoms with Gasteiger partial charge >= 0.3 is 11.9 Å². The van der Waals surface area contributed by atoms with E-state index in [1.54, 1.807) is 12.1 Å². The van der Waals surface area contributed by atoms with Crippen LogP contribution in [-0.2, 0) is 9.59 Å². The fraction of sp³-hybridized carbons (Fsp3) is 0. The average molecular weight is 284 g/mol. The maximum atomic E-state index is 11.6. The van der Waals surface area contributed by atoms with Gasteiger partial charge in [0.1, 0.15) is 17.3 Å². The molecule has 5 heteroatoms. The molecule has 0 atom stereocenters. The second-order valence-electron chi connectivity index (χ2n) is 3.87. The third-order valence-electron chi connectivity index (χ3n) is 2.35. The van der Waals surface area contributed by atoms with Gasteiger partial charge in [-0.25, -0.2) is 9.59 Å². The summed E-state index contributed by atoms with van der Waals surface area (Å²) in [5.41, 5.74) is 0. The summed E-state index contributed by atoms with van der Waals surface area (Å²) in [6, 6.07) is 9.50. The van der Waals surface area contributed by atoms with E-state index in [4.69, 9.17) is 13.9 Å². The summed E-state index contributed by atoms with van der Waals surface area (Å²) in [5.74, 6) is 0.135. The molecule has 0 unspecified atom stereocenters. The van der Waals surface area contributed by atoms with Crippen molar-refractivity contribution in [3.63, 3.8) is 0 Å². The first-order valence-corrected chi connectivity index (χ1v) is 6.05. The quantitative estimate of drug-likeness (QED) is 0.479. The summed E-state index contributed by atoms with van der Waals surface area (Å²) in [5, 5.41) is 0. The molecule has 21 heavy (non-hydrogen) atoms. The van der Waals surface area contributed by atoms with Crippen LogP contribution in [0.4, 0.5) is 0 Å². The van der Waals surface area contributed by atoms with Gasteiger partial charge in [0.2, 0.25) is 0 Å². The minimum atomic E-state index is -0.555. The first-order valence-electron chi connectivity index (χ1n) is 6.05. The number of ether oxygens (including phenoxy) is 2. The summed E-state index contributed by atoms with van der Waals surface area (Å²) >= 11 is 0. The first kappa shape index (κ1) is 14.3. The highest BCUT2D eigenvalue weighted by molar-refractivity contribution is 5.88. The van der Waals surface area contributed by atoms with Gasteiger partial charge in [-0.2, -0.15) is 0 Å². The van der Waals surface area contributed by atoms with Crippen LogP contribution in [0.1, 0.15) is 5.76 Å². The molecule has 0 spiro atoms. The Labute approximate surface area is 121 Å². The Kier molecular flexibility index (Phi) is 4.71. The van der Waals surface area contributed by atoms with Crippen LogP contribution in [0.15, 0.2) is 65.8 Å². The lowest BCUT2D eigenvalue weighted by molar-refractivity contribution is -0.130. The van der Waals surface area contributed by atoms with E-state index in [1.807, 2.05) is 0 Å². The van der Waals surface area contributed by atoms with Crippen molar-refractivity contribution in [2.45, 2.75) is 0 Å². The zero-order chi connectivity index (χ0) is 15.1. The van der Waals surface area contributed by atoms with Crippen molar-refractivity contribution < 1.29 is 23.5 Å². The number of hydrogen-bond donors (Lipinski definition) is 0. The van der Waals surface area contributed by atoms with E-state index in [-0.39, 0.29) is 0 Å². The number of carbonyl (C=O) groups excluding carboxylic acids is 2. The third kappa shape index (κ3) is 4.50. The largest absolute Gasteiger partial charge is 0.465 e. The molecule has 106 valence electrons. The van der Waals surface area contributed by atoms with Crippen molar-refractivity contribution in [2.75, 3.05) is 0 Å². The Morgan fingerprint density at radius 1 is 1.00 bits per heavy atom. The molecule has 0 aliphatic rings. The van der Waals surface area contributed by atoms with Crippen molar-refractivity contribution in [1.82, 2.24) is 0 Å². The molecule has 0 bridgehead atoms. The van der Waals surface area contributed by atoms with E-state index in [0.29, 0.717) is 17.3 Å². The number of esters is 2. The van der Waals surface area contributed by atoms with Crippen LogP contribution >= 0.6 is 0 Å². The van der Waals surface area contributed by atoms with E-state index < -0.39 is 11.9 Å². The predicted octanol–water partition coefficient (Wildman–Crippen LogP) is 2.99. The Balaban J connectivity index is 1.92. The van der Waals surface area contributed by atoms with Crippen molar-refractivity contribution >= 4 is 18.0 Å². The number of furan rings is 1. The maximum absolute atomic E-state index is 11.6. The van der Waals surface area contributed by atoms with E-state index >= 15 is 0 Å². The summed E-state index contributed by atoms with van der Waals surface area (Å²) in [7, 11) is 0. The summed E-state index contributed by atoms with van der Waals surface area (Å²) in [6.45, 7) is 3.30. The molecule has 0 radical (unpaired) electrons. The molecule has 0 saturated carbocycles. The Morgan fingerprint density at radius 3 is 2.14 bits per heavy atom. The van der Waals surface area contributed by atoms with Gasteiger partial charge in [0.05, 0.1) is 6.26 Å². The number of hydrogen-bond acceptors (Lipinski definition) is 5. The summed E-state index contributed by atoms with van der Waals surface area (Å²) in [4.78, 5) is 22.6. The molecule has 0 aliphatic heterocycles. The van der Waals surface area contributed by atoms with Gasteiger partial charge in [-0.3, -0.25) is 0 Å². The lowest BCUT2D eigenvalue weighted by atomic mass is 10.3. The molecule has 5 nitrogen and oxygen atoms in total. The normalized spacial score (nSPS) is 10.3. The second kappa shape index (κ2) is 6.91. The minimum absolute atomic E-state index is 0.336. The maximum Gasteiger partial charge on any atom is 0.336 e. The fourth-order valence-corrected chi connectivity index (χ4v) is 1.42. The average Bonchev–Trinajstić information content (AvgIpc) is 3.00. The van der Waals surface area contributed by atoms with Gasteiger partial charge in [0.25, 0.3) is 0 Å². The molecule has 0 fully saturated rings. The zero-order valence-corrected chi connectivity index (χ0v) is 11.0. The van der Waals surface area contributed by atoms with Gasteiger partial charge in [0.15, 0.2) is 0 Å². The monoisotopic (exact) mass is 284 g/mol. The molecule has 2 rings (SSSR count). The number of benzene rings is 1. The molecular formula is C16H12O5. The number of rotatable bonds is 5. The van der Waals surface area contributed by atoms with Crippen molar-refractivity contribution in [3.05, 3.63) is 67.2 Å². The highest BCUT2D eigenvalue weighted by Crippen LogP contribution is 2.18. The van der Waals surface area contributed by atoms with E-state index in [1.165, 1.54) is 42.7 Å². The molecule has 0 saturated heterocycles. The van der Waals surface area contributed by atoms with Gasteiger partial charge in [0, 0.05) is 12.2 Å². The molecule has 1 aromatic carbocycles. The van der Waals surface area contributed by atoms with Crippen LogP contribution in [0.5, 0.6) is 11.5 Å². The van der Waals surface area contributed by atoms with Crippen LogP contribution in [0.2, 0.25) is 0 Å². The zero-order valence-electron chi connectivity index (χ0n) is 11.0. The lowest BCUT2D eigenvalue weighted by Gasteiger charge is -2.03. The van der Waals surface area contributed by atoms with Crippen LogP contribution in [-0.4, -0.2) is 11.9 Å². The van der Waals surface area contributed by atoms with E-state index in [2.05, 4.69) is 6.58 Å². The van der Waals surface area contributed by atoms with E-state index in [0.717, 1.165) is 6.08 Å². The van der Waals surface area contributed by atoms with E-state index in [9.17, 15) is 9.59 Å². The standard InChI is InChI=1S/C16H12O5/c1-2-15(17)20-13-5-7-14(8-6-13)21-16(18)10-9-12-4-3-11-19-12/h2-11H,1H2. The third-order valence-corrected chi connectivity index (χ3v) is 2.35. The Morgan fingerprint density at radius 2 is 1.62 bits per heavy atom. The highest BCUT2D eigenvalue weighted by Gasteiger charge is 2.03. The second-order valence-corrected chi connectivity index (χ2v) is 3.87. The van der Waals surface area contributed by atoms with Gasteiger partial charge < -0.3 is 13.9 Å². The SMILES string of the molecule is C=CC(=O)Oc1ccc(OC(=O)C=Cc2ccco2)cc1. The minimum Gasteiger partial charge on any atom is -0.465 e. The van der Waals surface area contributed by atoms with Crippen LogP contribution in [0.25, 0.3) is 6.08 Å². The van der Waals surface area contributed by atoms with Crippen molar-refractivity contribution in [3.8, 4) is 11.5 Å². The first-order chi connectivity index (χ1) is 10.2. The fourth-order valence-electron chi connectivity index (χ4n) is 1.42. The van der Waals surface area contributed by atoms with Gasteiger partial charge in [-0.15, -0.1) is 0 Å². The van der Waals surface area contributed by atoms with Crippen LogP contribution < -0.4 is 9.47 Å². The Bertz CT molecular complexity index is 650. The molecular weight excluding hydrogens is 272 g/mol. The highest BCUT2D eigenvalue weighted by atomic mass is 16.5. The van der Waals surface area contributed by atoms with Crippen LogP contribution in [0.3, 0.4) is 0 Å². The number of carbonyl (C=O) groups is 2. The van der Waals surface area contributed by atoms with Gasteiger partial charge in [-0.1, -0.05) is 6.58 Å². The molecule has 1 aromatic heterocycles. The molecule has 1 heterocycles. The molecule has 0 amide bonds. The van der Waals surface area contributed by atoms with Crippen molar-refractivity contribution in [2.24, 2.45) is 0 Å². The molecule has 0 N–H and O–H groups in total.